The van der Waals surface area contributed by atoms with Gasteiger partial charge < -0.3 is 14.8 Å². The molecule has 2 rings (SSSR count). The molecule has 1 amide bonds. The monoisotopic (exact) mass is 429 g/mol. The normalized spacial score (nSPS) is 10.5. The predicted molar refractivity (Wildman–Crippen MR) is 111 cm³/mol. The number of benzene rings is 2. The molecule has 0 heterocycles. The molecule has 0 atom stereocenters. The van der Waals surface area contributed by atoms with Crippen molar-refractivity contribution in [3.63, 3.8) is 0 Å². The summed E-state index contributed by atoms with van der Waals surface area (Å²) in [5, 5.41) is 2.60. The molecule has 0 radical (unpaired) electrons. The van der Waals surface area contributed by atoms with E-state index in [0.717, 1.165) is 12.1 Å². The first-order valence-corrected chi connectivity index (χ1v) is 9.76. The average molecular weight is 429 g/mol. The minimum absolute atomic E-state index is 0.161. The SMILES string of the molecule is CC(C)COC(=O)c1cccc(NC(=O)CCC(=O)OCC(=O)c2ccc(F)cc2)c1. The first kappa shape index (κ1) is 23.7. The van der Waals surface area contributed by atoms with E-state index in [9.17, 15) is 23.6 Å². The van der Waals surface area contributed by atoms with Crippen LogP contribution in [0, 0.1) is 11.7 Å². The van der Waals surface area contributed by atoms with Crippen LogP contribution in [0.2, 0.25) is 0 Å². The van der Waals surface area contributed by atoms with Crippen molar-refractivity contribution in [3.05, 3.63) is 65.5 Å². The maximum Gasteiger partial charge on any atom is 0.338 e. The van der Waals surface area contributed by atoms with Crippen LogP contribution in [0.15, 0.2) is 48.5 Å². The zero-order chi connectivity index (χ0) is 22.8. The fraction of sp³-hybridized carbons (Fsp3) is 0.304. The summed E-state index contributed by atoms with van der Waals surface area (Å²) in [5.41, 5.74) is 0.916. The highest BCUT2D eigenvalue weighted by Gasteiger charge is 2.13. The third-order valence-corrected chi connectivity index (χ3v) is 4.02. The van der Waals surface area contributed by atoms with Gasteiger partial charge in [0.2, 0.25) is 5.91 Å². The first-order chi connectivity index (χ1) is 14.7. The highest BCUT2D eigenvalue weighted by molar-refractivity contribution is 5.98. The summed E-state index contributed by atoms with van der Waals surface area (Å²) in [6.07, 6.45) is -0.385. The zero-order valence-corrected chi connectivity index (χ0v) is 17.4. The van der Waals surface area contributed by atoms with Crippen LogP contribution in [0.4, 0.5) is 10.1 Å². The van der Waals surface area contributed by atoms with Crippen LogP contribution in [0.3, 0.4) is 0 Å². The lowest BCUT2D eigenvalue weighted by molar-refractivity contribution is -0.143. The van der Waals surface area contributed by atoms with Crippen LogP contribution in [0.1, 0.15) is 47.4 Å². The molecule has 0 fully saturated rings. The van der Waals surface area contributed by atoms with Gasteiger partial charge in [0.1, 0.15) is 5.82 Å². The van der Waals surface area contributed by atoms with Crippen molar-refractivity contribution in [2.45, 2.75) is 26.7 Å². The van der Waals surface area contributed by atoms with E-state index in [0.29, 0.717) is 17.9 Å². The Morgan fingerprint density at radius 2 is 1.65 bits per heavy atom. The molecule has 0 aliphatic heterocycles. The molecule has 2 aromatic carbocycles. The number of amides is 1. The maximum absolute atomic E-state index is 12.9. The van der Waals surface area contributed by atoms with E-state index in [1.807, 2.05) is 13.8 Å². The largest absolute Gasteiger partial charge is 0.462 e. The second-order valence-corrected chi connectivity index (χ2v) is 7.21. The van der Waals surface area contributed by atoms with E-state index in [2.05, 4.69) is 5.32 Å². The number of esters is 2. The molecule has 164 valence electrons. The second kappa shape index (κ2) is 11.6. The van der Waals surface area contributed by atoms with Gasteiger partial charge in [-0.1, -0.05) is 19.9 Å². The number of rotatable bonds is 10. The average Bonchev–Trinajstić information content (AvgIpc) is 2.75. The van der Waals surface area contributed by atoms with Crippen LogP contribution >= 0.6 is 0 Å². The van der Waals surface area contributed by atoms with Crippen LogP contribution < -0.4 is 5.32 Å². The Kier molecular flexibility index (Phi) is 8.87. The Morgan fingerprint density at radius 1 is 0.935 bits per heavy atom. The lowest BCUT2D eigenvalue weighted by Crippen LogP contribution is -2.17. The van der Waals surface area contributed by atoms with Crippen LogP contribution in [0.25, 0.3) is 0 Å². The number of nitrogens with one attached hydrogen (secondary N) is 1. The molecule has 0 saturated heterocycles. The molecular weight excluding hydrogens is 405 g/mol. The summed E-state index contributed by atoms with van der Waals surface area (Å²) in [6, 6.07) is 11.1. The molecule has 0 aliphatic carbocycles. The number of carbonyl (C=O) groups is 4. The Labute approximate surface area is 179 Å². The summed E-state index contributed by atoms with van der Waals surface area (Å²) in [6.45, 7) is 3.65. The standard InChI is InChI=1S/C23H24FNO6/c1-15(2)13-31-23(29)17-4-3-5-19(12-17)25-21(27)10-11-22(28)30-14-20(26)16-6-8-18(24)9-7-16/h3-9,12,15H,10-11,13-14H2,1-2H3,(H,25,27). The number of ketones is 1. The number of ether oxygens (including phenoxy) is 2. The third kappa shape index (κ3) is 8.38. The van der Waals surface area contributed by atoms with Gasteiger partial charge in [0.05, 0.1) is 18.6 Å². The van der Waals surface area contributed by atoms with Gasteiger partial charge in [0, 0.05) is 17.7 Å². The Hall–Kier alpha value is -3.55. The fourth-order valence-electron chi connectivity index (χ4n) is 2.43. The van der Waals surface area contributed by atoms with Gasteiger partial charge in [0.25, 0.3) is 0 Å². The minimum atomic E-state index is -0.711. The quantitative estimate of drug-likeness (QED) is 0.456. The lowest BCUT2D eigenvalue weighted by atomic mass is 10.1. The van der Waals surface area contributed by atoms with E-state index in [4.69, 9.17) is 9.47 Å². The highest BCUT2D eigenvalue weighted by Crippen LogP contribution is 2.13. The zero-order valence-electron chi connectivity index (χ0n) is 17.4. The second-order valence-electron chi connectivity index (χ2n) is 7.21. The predicted octanol–water partition coefficient (Wildman–Crippen LogP) is 3.78. The van der Waals surface area contributed by atoms with Crippen molar-refractivity contribution in [2.24, 2.45) is 5.92 Å². The summed E-state index contributed by atoms with van der Waals surface area (Å²) in [5.74, 6) is -2.39. The number of carbonyl (C=O) groups excluding carboxylic acids is 4. The Bertz CT molecular complexity index is 939. The van der Waals surface area contributed by atoms with Gasteiger partial charge in [0.15, 0.2) is 12.4 Å². The molecule has 0 saturated carbocycles. The number of Topliss-reactive ketones (excluding diaryl/α,β-unsaturated/α-hetero) is 1. The third-order valence-electron chi connectivity index (χ3n) is 4.02. The molecule has 1 N–H and O–H groups in total. The number of halogens is 1. The number of anilines is 1. The van der Waals surface area contributed by atoms with Gasteiger partial charge in [-0.05, 0) is 48.4 Å². The first-order valence-electron chi connectivity index (χ1n) is 9.76. The number of hydrogen-bond donors (Lipinski definition) is 1. The summed E-state index contributed by atoms with van der Waals surface area (Å²) >= 11 is 0. The number of hydrogen-bond acceptors (Lipinski definition) is 6. The summed E-state index contributed by atoms with van der Waals surface area (Å²) in [4.78, 5) is 47.8. The molecule has 31 heavy (non-hydrogen) atoms. The van der Waals surface area contributed by atoms with Crippen molar-refractivity contribution in [2.75, 3.05) is 18.5 Å². The van der Waals surface area contributed by atoms with E-state index < -0.39 is 36.1 Å². The molecule has 0 aromatic heterocycles. The van der Waals surface area contributed by atoms with E-state index >= 15 is 0 Å². The van der Waals surface area contributed by atoms with E-state index in [-0.39, 0.29) is 24.3 Å². The van der Waals surface area contributed by atoms with Crippen LogP contribution in [-0.2, 0) is 19.1 Å². The van der Waals surface area contributed by atoms with Crippen molar-refractivity contribution < 1.29 is 33.0 Å². The smallest absolute Gasteiger partial charge is 0.338 e. The topological polar surface area (TPSA) is 98.8 Å². The van der Waals surface area contributed by atoms with Crippen LogP contribution in [0.5, 0.6) is 0 Å². The van der Waals surface area contributed by atoms with Crippen molar-refractivity contribution in [1.82, 2.24) is 0 Å². The molecule has 8 heteroatoms. The highest BCUT2D eigenvalue weighted by atomic mass is 19.1. The molecule has 0 aliphatic rings. The summed E-state index contributed by atoms with van der Waals surface area (Å²) < 4.78 is 22.9. The van der Waals surface area contributed by atoms with Gasteiger partial charge in [-0.2, -0.15) is 0 Å². The van der Waals surface area contributed by atoms with Crippen molar-refractivity contribution >= 4 is 29.3 Å². The van der Waals surface area contributed by atoms with Gasteiger partial charge in [-0.3, -0.25) is 14.4 Å². The van der Waals surface area contributed by atoms with E-state index in [1.54, 1.807) is 18.2 Å². The van der Waals surface area contributed by atoms with E-state index in [1.165, 1.54) is 18.2 Å². The molecule has 0 spiro atoms. The molecule has 2 aromatic rings. The molecule has 0 unspecified atom stereocenters. The van der Waals surface area contributed by atoms with Gasteiger partial charge in [-0.15, -0.1) is 0 Å². The fourth-order valence-corrected chi connectivity index (χ4v) is 2.43. The molecule has 7 nitrogen and oxygen atoms in total. The lowest BCUT2D eigenvalue weighted by Gasteiger charge is -2.09. The van der Waals surface area contributed by atoms with Gasteiger partial charge in [-0.25, -0.2) is 9.18 Å². The van der Waals surface area contributed by atoms with Gasteiger partial charge >= 0.3 is 11.9 Å². The van der Waals surface area contributed by atoms with Crippen LogP contribution in [-0.4, -0.2) is 36.8 Å². The Balaban J connectivity index is 1.76. The van der Waals surface area contributed by atoms with Crippen molar-refractivity contribution in [1.29, 1.82) is 0 Å². The maximum atomic E-state index is 12.9. The minimum Gasteiger partial charge on any atom is -0.462 e. The Morgan fingerprint density at radius 3 is 2.32 bits per heavy atom. The summed E-state index contributed by atoms with van der Waals surface area (Å²) in [7, 11) is 0. The molecule has 0 bridgehead atoms. The van der Waals surface area contributed by atoms with Crippen molar-refractivity contribution in [3.8, 4) is 0 Å². The molecular formula is C23H24FNO6.